The van der Waals surface area contributed by atoms with Crippen molar-refractivity contribution < 1.29 is 19.1 Å². The Morgan fingerprint density at radius 1 is 1.07 bits per heavy atom. The smallest absolute Gasteiger partial charge is 0.329 e. The lowest BCUT2D eigenvalue weighted by molar-refractivity contribution is -0.122. The van der Waals surface area contributed by atoms with Gasteiger partial charge in [0.2, 0.25) is 0 Å². The molecule has 2 aliphatic rings. The minimum Gasteiger partial charge on any atom is -0.497 e. The highest BCUT2D eigenvalue weighted by atomic mass is 16.5. The number of benzene rings is 2. The number of likely N-dealkylation sites (tertiary alicyclic amines) is 1. The maximum Gasteiger partial charge on any atom is 0.329 e. The fourth-order valence-corrected chi connectivity index (χ4v) is 3.77. The molecule has 2 aromatic rings. The van der Waals surface area contributed by atoms with Crippen molar-refractivity contribution in [1.29, 1.82) is 0 Å². The molecule has 0 radical (unpaired) electrons. The second-order valence-corrected chi connectivity index (χ2v) is 7.03. The Labute approximate surface area is 162 Å². The lowest BCUT2D eigenvalue weighted by Gasteiger charge is -2.36. The van der Waals surface area contributed by atoms with Crippen molar-refractivity contribution in [3.8, 4) is 5.75 Å². The van der Waals surface area contributed by atoms with Gasteiger partial charge in [0, 0.05) is 12.1 Å². The summed E-state index contributed by atoms with van der Waals surface area (Å²) in [5.41, 5.74) is 2.01. The standard InChI is InChI=1S/C21H21N3O4/c1-13-3-7-15(8-4-13)24-20(26)18-17(22-21(24)27)11-12-23(18)19(25)14-5-9-16(28-2)10-6-14/h3-10,17-18H,11-12H2,1-2H3,(H,22,27)/t17-,18-/m1/s1. The van der Waals surface area contributed by atoms with Crippen LogP contribution in [0.15, 0.2) is 48.5 Å². The van der Waals surface area contributed by atoms with Crippen molar-refractivity contribution in [3.05, 3.63) is 59.7 Å². The van der Waals surface area contributed by atoms with E-state index in [9.17, 15) is 14.4 Å². The molecule has 0 unspecified atom stereocenters. The Hall–Kier alpha value is -3.35. The summed E-state index contributed by atoms with van der Waals surface area (Å²) in [6.07, 6.45) is 0.547. The van der Waals surface area contributed by atoms with Gasteiger partial charge in [0.25, 0.3) is 11.8 Å². The van der Waals surface area contributed by atoms with Gasteiger partial charge in [0.15, 0.2) is 0 Å². The van der Waals surface area contributed by atoms with Crippen molar-refractivity contribution in [2.24, 2.45) is 0 Å². The van der Waals surface area contributed by atoms with Gasteiger partial charge in [-0.05, 0) is 49.7 Å². The number of carbonyl (C=O) groups excluding carboxylic acids is 3. The minimum absolute atomic E-state index is 0.233. The zero-order valence-corrected chi connectivity index (χ0v) is 15.7. The third kappa shape index (κ3) is 2.98. The summed E-state index contributed by atoms with van der Waals surface area (Å²) in [7, 11) is 1.56. The van der Waals surface area contributed by atoms with Crippen LogP contribution in [0, 0.1) is 6.92 Å². The summed E-state index contributed by atoms with van der Waals surface area (Å²) in [6, 6.07) is 12.4. The molecule has 2 atom stereocenters. The van der Waals surface area contributed by atoms with E-state index in [4.69, 9.17) is 4.74 Å². The van der Waals surface area contributed by atoms with Crippen LogP contribution in [-0.4, -0.2) is 48.5 Å². The number of imide groups is 1. The molecule has 0 aliphatic carbocycles. The number of nitrogens with zero attached hydrogens (tertiary/aromatic N) is 2. The number of fused-ring (bicyclic) bond motifs is 1. The van der Waals surface area contributed by atoms with Gasteiger partial charge in [-0.2, -0.15) is 0 Å². The number of methoxy groups -OCH3 is 1. The highest BCUT2D eigenvalue weighted by Crippen LogP contribution is 2.29. The summed E-state index contributed by atoms with van der Waals surface area (Å²) in [6.45, 7) is 2.35. The van der Waals surface area contributed by atoms with E-state index in [1.165, 1.54) is 0 Å². The first-order chi connectivity index (χ1) is 13.5. The number of nitrogens with one attached hydrogen (secondary N) is 1. The van der Waals surface area contributed by atoms with Crippen LogP contribution in [0.25, 0.3) is 0 Å². The first-order valence-electron chi connectivity index (χ1n) is 9.16. The molecule has 7 heteroatoms. The van der Waals surface area contributed by atoms with Crippen LogP contribution in [0.3, 0.4) is 0 Å². The normalized spacial score (nSPS) is 21.4. The van der Waals surface area contributed by atoms with E-state index in [0.29, 0.717) is 30.0 Å². The highest BCUT2D eigenvalue weighted by molar-refractivity contribution is 6.19. The summed E-state index contributed by atoms with van der Waals surface area (Å²) in [5.74, 6) is 0.0443. The Morgan fingerprint density at radius 2 is 1.75 bits per heavy atom. The third-order valence-corrected chi connectivity index (χ3v) is 5.27. The molecule has 0 aromatic heterocycles. The molecule has 0 saturated carbocycles. The van der Waals surface area contributed by atoms with Crippen molar-refractivity contribution in [1.82, 2.24) is 10.2 Å². The van der Waals surface area contributed by atoms with Crippen molar-refractivity contribution in [2.45, 2.75) is 25.4 Å². The average Bonchev–Trinajstić information content (AvgIpc) is 3.13. The molecule has 0 spiro atoms. The quantitative estimate of drug-likeness (QED) is 0.888. The molecule has 2 aliphatic heterocycles. The summed E-state index contributed by atoms with van der Waals surface area (Å²) < 4.78 is 5.13. The molecule has 2 aromatic carbocycles. The molecule has 2 fully saturated rings. The predicted octanol–water partition coefficient (Wildman–Crippen LogP) is 2.34. The van der Waals surface area contributed by atoms with Gasteiger partial charge in [0.1, 0.15) is 11.8 Å². The Morgan fingerprint density at radius 3 is 2.39 bits per heavy atom. The van der Waals surface area contributed by atoms with E-state index in [2.05, 4.69) is 5.32 Å². The topological polar surface area (TPSA) is 79.0 Å². The van der Waals surface area contributed by atoms with Crippen LogP contribution in [0.5, 0.6) is 5.75 Å². The van der Waals surface area contributed by atoms with Crippen LogP contribution in [0.2, 0.25) is 0 Å². The Bertz CT molecular complexity index is 924. The van der Waals surface area contributed by atoms with E-state index in [1.54, 1.807) is 48.4 Å². The van der Waals surface area contributed by atoms with Crippen LogP contribution in [0.4, 0.5) is 10.5 Å². The molecule has 4 amide bonds. The number of rotatable bonds is 3. The van der Waals surface area contributed by atoms with Gasteiger partial charge in [-0.25, -0.2) is 9.69 Å². The molecule has 4 rings (SSSR count). The van der Waals surface area contributed by atoms with E-state index in [-0.39, 0.29) is 17.9 Å². The Balaban J connectivity index is 1.62. The van der Waals surface area contributed by atoms with Crippen LogP contribution < -0.4 is 15.0 Å². The van der Waals surface area contributed by atoms with Crippen LogP contribution >= 0.6 is 0 Å². The highest BCUT2D eigenvalue weighted by Gasteiger charge is 2.49. The summed E-state index contributed by atoms with van der Waals surface area (Å²) in [5, 5.41) is 2.88. The number of hydrogen-bond donors (Lipinski definition) is 1. The minimum atomic E-state index is -0.714. The first-order valence-corrected chi connectivity index (χ1v) is 9.16. The third-order valence-electron chi connectivity index (χ3n) is 5.27. The fourth-order valence-electron chi connectivity index (χ4n) is 3.77. The summed E-state index contributed by atoms with van der Waals surface area (Å²) in [4.78, 5) is 41.4. The summed E-state index contributed by atoms with van der Waals surface area (Å²) >= 11 is 0. The van der Waals surface area contributed by atoms with Crippen molar-refractivity contribution in [2.75, 3.05) is 18.6 Å². The number of amides is 4. The molecule has 144 valence electrons. The predicted molar refractivity (Wildman–Crippen MR) is 103 cm³/mol. The molecule has 2 heterocycles. The molecular weight excluding hydrogens is 358 g/mol. The van der Waals surface area contributed by atoms with Gasteiger partial charge >= 0.3 is 6.03 Å². The lowest BCUT2D eigenvalue weighted by Crippen LogP contribution is -2.65. The number of aryl methyl sites for hydroxylation is 1. The van der Waals surface area contributed by atoms with Gasteiger partial charge in [-0.1, -0.05) is 17.7 Å². The number of anilines is 1. The molecule has 7 nitrogen and oxygen atoms in total. The number of urea groups is 1. The molecule has 0 bridgehead atoms. The van der Waals surface area contributed by atoms with E-state index in [1.807, 2.05) is 19.1 Å². The lowest BCUT2D eigenvalue weighted by atomic mass is 10.0. The first kappa shape index (κ1) is 18.0. The van der Waals surface area contributed by atoms with Crippen LogP contribution in [0.1, 0.15) is 22.3 Å². The van der Waals surface area contributed by atoms with Gasteiger partial charge in [-0.15, -0.1) is 0 Å². The second kappa shape index (κ2) is 6.99. The van der Waals surface area contributed by atoms with Crippen LogP contribution in [-0.2, 0) is 4.79 Å². The molecule has 28 heavy (non-hydrogen) atoms. The van der Waals surface area contributed by atoms with Crippen molar-refractivity contribution in [3.63, 3.8) is 0 Å². The largest absolute Gasteiger partial charge is 0.497 e. The maximum atomic E-state index is 13.2. The zero-order chi connectivity index (χ0) is 19.8. The van der Waals surface area contributed by atoms with Gasteiger partial charge in [-0.3, -0.25) is 9.59 Å². The van der Waals surface area contributed by atoms with E-state index < -0.39 is 12.1 Å². The zero-order valence-electron chi connectivity index (χ0n) is 15.7. The van der Waals surface area contributed by atoms with E-state index >= 15 is 0 Å². The van der Waals surface area contributed by atoms with Gasteiger partial charge < -0.3 is 15.0 Å². The molecular formula is C21H21N3O4. The Kier molecular flexibility index (Phi) is 4.50. The average molecular weight is 379 g/mol. The molecule has 2 saturated heterocycles. The van der Waals surface area contributed by atoms with E-state index in [0.717, 1.165) is 10.5 Å². The SMILES string of the molecule is COc1ccc(C(=O)N2CC[C@H]3NC(=O)N(c4ccc(C)cc4)C(=O)[C@@H]32)cc1. The van der Waals surface area contributed by atoms with Crippen molar-refractivity contribution >= 4 is 23.5 Å². The number of ether oxygens (including phenoxy) is 1. The molecule has 1 N–H and O–H groups in total. The van der Waals surface area contributed by atoms with Gasteiger partial charge in [0.05, 0.1) is 18.8 Å². The second-order valence-electron chi connectivity index (χ2n) is 7.03. The fraction of sp³-hybridized carbons (Fsp3) is 0.286. The maximum absolute atomic E-state index is 13.2. The number of carbonyl (C=O) groups is 3. The monoisotopic (exact) mass is 379 g/mol. The number of hydrogen-bond acceptors (Lipinski definition) is 4.